The van der Waals surface area contributed by atoms with Crippen molar-refractivity contribution in [3.05, 3.63) is 56.8 Å². The molecule has 0 spiro atoms. The maximum Gasteiger partial charge on any atom is 0.311 e. The fourth-order valence-electron chi connectivity index (χ4n) is 3.21. The van der Waals surface area contributed by atoms with Crippen LogP contribution in [0.25, 0.3) is 0 Å². The minimum Gasteiger partial charge on any atom is -0.486 e. The summed E-state index contributed by atoms with van der Waals surface area (Å²) in [6.07, 6.45) is 0. The Morgan fingerprint density at radius 1 is 1.41 bits per heavy atom. The molecule has 2 aliphatic rings. The predicted octanol–water partition coefficient (Wildman–Crippen LogP) is 3.62. The third kappa shape index (κ3) is 3.58. The van der Waals surface area contributed by atoms with Gasteiger partial charge < -0.3 is 20.1 Å². The van der Waals surface area contributed by atoms with Crippen molar-refractivity contribution >= 4 is 34.5 Å². The zero-order valence-electron chi connectivity index (χ0n) is 15.5. The lowest BCUT2D eigenvalue weighted by molar-refractivity contribution is -0.386. The van der Waals surface area contributed by atoms with Crippen LogP contribution in [0.1, 0.15) is 12.5 Å². The van der Waals surface area contributed by atoms with E-state index >= 15 is 0 Å². The summed E-state index contributed by atoms with van der Waals surface area (Å²) in [6, 6.07) is 7.18. The molecule has 0 aliphatic carbocycles. The first-order valence-corrected chi connectivity index (χ1v) is 9.21. The number of nitrogens with two attached hydrogens (primary N) is 1. The Hall–Kier alpha value is -2.91. The number of benzene rings is 2. The van der Waals surface area contributed by atoms with Crippen molar-refractivity contribution in [2.24, 2.45) is 16.1 Å². The highest BCUT2D eigenvalue weighted by Crippen LogP contribution is 2.41. The second kappa shape index (κ2) is 7.16. The van der Waals surface area contributed by atoms with Crippen LogP contribution in [0.3, 0.4) is 0 Å². The number of halogens is 2. The number of aliphatic imine (C=N–C) groups is 1. The molecule has 4 rings (SSSR count). The molecule has 2 aromatic rings. The Bertz CT molecular complexity index is 1030. The van der Waals surface area contributed by atoms with Gasteiger partial charge in [0.2, 0.25) is 0 Å². The molecule has 0 radical (unpaired) electrons. The summed E-state index contributed by atoms with van der Waals surface area (Å²) >= 11 is 5.92. The topological polar surface area (TPSA) is 103 Å². The first-order chi connectivity index (χ1) is 13.8. The number of amidine groups is 1. The van der Waals surface area contributed by atoms with E-state index in [4.69, 9.17) is 26.8 Å². The first kappa shape index (κ1) is 19.4. The van der Waals surface area contributed by atoms with Crippen LogP contribution in [0, 0.1) is 21.3 Å². The van der Waals surface area contributed by atoms with Crippen molar-refractivity contribution in [1.82, 2.24) is 0 Å². The smallest absolute Gasteiger partial charge is 0.311 e. The lowest BCUT2D eigenvalue weighted by Crippen LogP contribution is -2.44. The lowest BCUT2D eigenvalue weighted by atomic mass is 9.90. The highest BCUT2D eigenvalue weighted by molar-refractivity contribution is 6.31. The van der Waals surface area contributed by atoms with Gasteiger partial charge in [0.1, 0.15) is 18.3 Å². The lowest BCUT2D eigenvalue weighted by Gasteiger charge is -2.37. The van der Waals surface area contributed by atoms with E-state index in [0.29, 0.717) is 30.2 Å². The van der Waals surface area contributed by atoms with Crippen molar-refractivity contribution in [2.45, 2.75) is 6.92 Å². The quantitative estimate of drug-likeness (QED) is 0.585. The molecule has 0 saturated carbocycles. The van der Waals surface area contributed by atoms with Gasteiger partial charge >= 0.3 is 5.69 Å². The second-order valence-corrected chi connectivity index (χ2v) is 7.80. The van der Waals surface area contributed by atoms with Crippen molar-refractivity contribution in [3.8, 4) is 5.75 Å². The Balaban J connectivity index is 1.77. The Morgan fingerprint density at radius 3 is 2.79 bits per heavy atom. The van der Waals surface area contributed by atoms with Gasteiger partial charge in [0.25, 0.3) is 0 Å². The van der Waals surface area contributed by atoms with E-state index < -0.39 is 10.7 Å². The molecular weight excluding hydrogens is 403 g/mol. The summed E-state index contributed by atoms with van der Waals surface area (Å²) in [6.45, 7) is 3.48. The van der Waals surface area contributed by atoms with E-state index in [1.54, 1.807) is 17.0 Å². The molecule has 1 saturated heterocycles. The van der Waals surface area contributed by atoms with Gasteiger partial charge in [0, 0.05) is 28.8 Å². The maximum absolute atomic E-state index is 13.6. The van der Waals surface area contributed by atoms with Gasteiger partial charge in [-0.1, -0.05) is 18.5 Å². The highest BCUT2D eigenvalue weighted by Gasteiger charge is 2.35. The minimum absolute atomic E-state index is 0.0390. The molecule has 1 fully saturated rings. The molecule has 2 N–H and O–H groups in total. The third-order valence-corrected chi connectivity index (χ3v) is 5.20. The molecule has 29 heavy (non-hydrogen) atoms. The molecule has 0 amide bonds. The standard InChI is InChI=1S/C19H18ClFN4O4/c1-19(7-28-8-19)9-29-17-6-15-12(5-16(17)25(26)27)18(22)23-10-24(15)11-2-3-14(21)13(20)4-11/h2-6H,7-10H2,1H3,(H2,22,23). The van der Waals surface area contributed by atoms with E-state index in [-0.39, 0.29) is 41.0 Å². The monoisotopic (exact) mass is 420 g/mol. The fraction of sp³-hybridized carbons (Fsp3) is 0.316. The molecule has 152 valence electrons. The number of rotatable bonds is 5. The van der Waals surface area contributed by atoms with Gasteiger partial charge in [-0.25, -0.2) is 9.38 Å². The number of fused-ring (bicyclic) bond motifs is 1. The molecule has 2 aliphatic heterocycles. The number of nitrogens with zero attached hydrogens (tertiary/aromatic N) is 3. The summed E-state index contributed by atoms with van der Waals surface area (Å²) in [4.78, 5) is 17.0. The minimum atomic E-state index is -0.542. The van der Waals surface area contributed by atoms with Crippen molar-refractivity contribution in [1.29, 1.82) is 0 Å². The van der Waals surface area contributed by atoms with E-state index in [9.17, 15) is 14.5 Å². The first-order valence-electron chi connectivity index (χ1n) is 8.83. The molecule has 0 atom stereocenters. The van der Waals surface area contributed by atoms with Gasteiger partial charge in [-0.3, -0.25) is 10.1 Å². The van der Waals surface area contributed by atoms with Gasteiger partial charge in [-0.05, 0) is 18.2 Å². The number of nitro benzene ring substituents is 1. The van der Waals surface area contributed by atoms with E-state index in [1.807, 2.05) is 6.92 Å². The molecule has 2 heterocycles. The summed E-state index contributed by atoms with van der Waals surface area (Å²) in [7, 11) is 0. The van der Waals surface area contributed by atoms with Crippen molar-refractivity contribution < 1.29 is 18.8 Å². The van der Waals surface area contributed by atoms with Crippen molar-refractivity contribution in [2.75, 3.05) is 31.4 Å². The maximum atomic E-state index is 13.6. The molecule has 8 nitrogen and oxygen atoms in total. The third-order valence-electron chi connectivity index (χ3n) is 4.92. The van der Waals surface area contributed by atoms with Crippen LogP contribution in [-0.2, 0) is 4.74 Å². The van der Waals surface area contributed by atoms with Crippen LogP contribution in [0.2, 0.25) is 5.02 Å². The zero-order chi connectivity index (χ0) is 20.8. The average molecular weight is 421 g/mol. The number of hydrogen-bond donors (Lipinski definition) is 1. The summed E-state index contributed by atoms with van der Waals surface area (Å²) in [5.41, 5.74) is 7.14. The van der Waals surface area contributed by atoms with Crippen LogP contribution < -0.4 is 15.4 Å². The van der Waals surface area contributed by atoms with Gasteiger partial charge in [0.15, 0.2) is 5.75 Å². The second-order valence-electron chi connectivity index (χ2n) is 7.40. The summed E-state index contributed by atoms with van der Waals surface area (Å²) < 4.78 is 24.6. The number of anilines is 2. The highest BCUT2D eigenvalue weighted by atomic mass is 35.5. The average Bonchev–Trinajstić information content (AvgIpc) is 2.67. The van der Waals surface area contributed by atoms with E-state index in [1.165, 1.54) is 18.2 Å². The van der Waals surface area contributed by atoms with E-state index in [0.717, 1.165) is 0 Å². The van der Waals surface area contributed by atoms with Gasteiger partial charge in [-0.2, -0.15) is 0 Å². The van der Waals surface area contributed by atoms with Gasteiger partial charge in [-0.15, -0.1) is 0 Å². The predicted molar refractivity (Wildman–Crippen MR) is 107 cm³/mol. The molecule has 0 aromatic heterocycles. The summed E-state index contributed by atoms with van der Waals surface area (Å²) in [5, 5.41) is 11.6. The number of nitro groups is 1. The SMILES string of the molecule is CC1(COc2cc3c(cc2[N+](=O)[O-])C(N)=NCN3c2ccc(F)c(Cl)c2)COC1. The Morgan fingerprint density at radius 2 is 2.17 bits per heavy atom. The molecule has 2 aromatic carbocycles. The zero-order valence-corrected chi connectivity index (χ0v) is 16.3. The van der Waals surface area contributed by atoms with Crippen LogP contribution in [-0.4, -0.2) is 37.2 Å². The van der Waals surface area contributed by atoms with Crippen LogP contribution in [0.4, 0.5) is 21.5 Å². The van der Waals surface area contributed by atoms with Crippen LogP contribution in [0.5, 0.6) is 5.75 Å². The molecule has 0 bridgehead atoms. The number of ether oxygens (including phenoxy) is 2. The van der Waals surface area contributed by atoms with Crippen LogP contribution in [0.15, 0.2) is 35.3 Å². The number of hydrogen-bond acceptors (Lipinski definition) is 7. The molecular formula is C19H18ClFN4O4. The molecule has 10 heteroatoms. The van der Waals surface area contributed by atoms with Gasteiger partial charge in [0.05, 0.1) is 35.5 Å². The van der Waals surface area contributed by atoms with Crippen LogP contribution >= 0.6 is 11.6 Å². The molecule has 0 unspecified atom stereocenters. The Kier molecular flexibility index (Phi) is 4.79. The largest absolute Gasteiger partial charge is 0.486 e. The van der Waals surface area contributed by atoms with Crippen molar-refractivity contribution in [3.63, 3.8) is 0 Å². The normalized spacial score (nSPS) is 17.2. The fourth-order valence-corrected chi connectivity index (χ4v) is 3.39. The van der Waals surface area contributed by atoms with E-state index in [2.05, 4.69) is 4.99 Å². The summed E-state index contributed by atoms with van der Waals surface area (Å²) in [5.74, 6) is -0.243. The Labute approximate surface area is 170 Å².